The van der Waals surface area contributed by atoms with Crippen LogP contribution in [0, 0.1) is 0 Å². The van der Waals surface area contributed by atoms with Crippen LogP contribution in [-0.2, 0) is 9.16 Å². The molecular formula is C10H22O2Si. The van der Waals surface area contributed by atoms with Crippen molar-refractivity contribution in [3.05, 3.63) is 0 Å². The summed E-state index contributed by atoms with van der Waals surface area (Å²) in [5, 5.41) is 0. The number of methoxy groups -OCH3 is 1. The van der Waals surface area contributed by atoms with E-state index in [0.29, 0.717) is 6.10 Å². The molecule has 0 amide bonds. The van der Waals surface area contributed by atoms with Gasteiger partial charge < -0.3 is 9.16 Å². The third-order valence-corrected chi connectivity index (χ3v) is 5.91. The lowest BCUT2D eigenvalue weighted by Gasteiger charge is -2.27. The minimum absolute atomic E-state index is 0.245. The molecule has 0 aliphatic carbocycles. The predicted octanol–water partition coefficient (Wildman–Crippen LogP) is 2.33. The van der Waals surface area contributed by atoms with Gasteiger partial charge in [0.2, 0.25) is 0 Å². The van der Waals surface area contributed by atoms with Crippen LogP contribution in [0.1, 0.15) is 33.1 Å². The minimum atomic E-state index is -0.834. The van der Waals surface area contributed by atoms with Gasteiger partial charge in [-0.25, -0.2) is 0 Å². The van der Waals surface area contributed by atoms with Crippen LogP contribution >= 0.6 is 0 Å². The highest BCUT2D eigenvalue weighted by molar-refractivity contribution is 6.52. The average Bonchev–Trinajstić information content (AvgIpc) is 2.18. The van der Waals surface area contributed by atoms with Gasteiger partial charge in [-0.3, -0.25) is 0 Å². The Kier molecular flexibility index (Phi) is 4.99. The molecule has 1 aliphatic rings. The molecule has 0 radical (unpaired) electrons. The van der Waals surface area contributed by atoms with Gasteiger partial charge in [-0.2, -0.15) is 0 Å². The van der Waals surface area contributed by atoms with E-state index >= 15 is 0 Å². The van der Waals surface area contributed by atoms with E-state index in [2.05, 4.69) is 13.8 Å². The van der Waals surface area contributed by atoms with E-state index in [0.717, 1.165) is 0 Å². The van der Waals surface area contributed by atoms with E-state index < -0.39 is 9.04 Å². The molecule has 0 spiro atoms. The molecule has 0 saturated carbocycles. The van der Waals surface area contributed by atoms with Crippen LogP contribution in [0.4, 0.5) is 0 Å². The Bertz CT molecular complexity index is 135. The molecule has 13 heavy (non-hydrogen) atoms. The summed E-state index contributed by atoms with van der Waals surface area (Å²) in [6.07, 6.45) is 4.74. The standard InChI is InChI=1S/C10H22O2Si/c1-9(11-3)10(2)12-13-7-5-4-6-8-13/h9-10,13H,4-8H2,1-3H3. The number of hydrogen-bond acceptors (Lipinski definition) is 2. The summed E-state index contributed by atoms with van der Waals surface area (Å²) in [6.45, 7) is 4.22. The lowest BCUT2D eigenvalue weighted by Crippen LogP contribution is -2.33. The molecular weight excluding hydrogens is 180 g/mol. The first-order chi connectivity index (χ1) is 6.24. The second kappa shape index (κ2) is 5.78. The van der Waals surface area contributed by atoms with Gasteiger partial charge in [-0.05, 0) is 25.9 Å². The maximum atomic E-state index is 6.06. The topological polar surface area (TPSA) is 18.5 Å². The molecule has 2 atom stereocenters. The average molecular weight is 202 g/mol. The zero-order valence-corrected chi connectivity index (χ0v) is 10.2. The molecule has 0 N–H and O–H groups in total. The van der Waals surface area contributed by atoms with Crippen molar-refractivity contribution in [1.82, 2.24) is 0 Å². The fourth-order valence-electron chi connectivity index (χ4n) is 1.81. The summed E-state index contributed by atoms with van der Waals surface area (Å²) in [5.74, 6) is 0. The van der Waals surface area contributed by atoms with E-state index in [-0.39, 0.29) is 6.10 Å². The molecule has 3 heteroatoms. The zero-order chi connectivity index (χ0) is 9.68. The molecule has 1 rings (SSSR count). The fourth-order valence-corrected chi connectivity index (χ4v) is 4.68. The summed E-state index contributed by atoms with van der Waals surface area (Å²) < 4.78 is 11.3. The van der Waals surface area contributed by atoms with Gasteiger partial charge in [0.15, 0.2) is 9.04 Å². The van der Waals surface area contributed by atoms with E-state index in [1.807, 2.05) is 0 Å². The van der Waals surface area contributed by atoms with Gasteiger partial charge in [-0.15, -0.1) is 0 Å². The number of ether oxygens (including phenoxy) is 1. The maximum absolute atomic E-state index is 6.06. The number of hydrogen-bond donors (Lipinski definition) is 0. The van der Waals surface area contributed by atoms with Gasteiger partial charge in [0.25, 0.3) is 0 Å². The van der Waals surface area contributed by atoms with Crippen LogP contribution in [0.3, 0.4) is 0 Å². The van der Waals surface area contributed by atoms with Gasteiger partial charge >= 0.3 is 0 Å². The Hall–Kier alpha value is 0.137. The normalized spacial score (nSPS) is 24.2. The quantitative estimate of drug-likeness (QED) is 0.651. The zero-order valence-electron chi connectivity index (χ0n) is 9.08. The van der Waals surface area contributed by atoms with Crippen LogP contribution in [0.15, 0.2) is 0 Å². The van der Waals surface area contributed by atoms with Gasteiger partial charge in [0.05, 0.1) is 12.2 Å². The monoisotopic (exact) mass is 202 g/mol. The summed E-state index contributed by atoms with van der Waals surface area (Å²) in [4.78, 5) is 0. The van der Waals surface area contributed by atoms with Crippen molar-refractivity contribution in [2.24, 2.45) is 0 Å². The molecule has 0 bridgehead atoms. The summed E-state index contributed by atoms with van der Waals surface area (Å²) in [5.41, 5.74) is 0. The summed E-state index contributed by atoms with van der Waals surface area (Å²) >= 11 is 0. The molecule has 78 valence electrons. The van der Waals surface area contributed by atoms with Crippen LogP contribution in [0.25, 0.3) is 0 Å². The van der Waals surface area contributed by atoms with Crippen molar-refractivity contribution in [3.63, 3.8) is 0 Å². The van der Waals surface area contributed by atoms with E-state index in [4.69, 9.17) is 9.16 Å². The van der Waals surface area contributed by atoms with Crippen molar-refractivity contribution in [1.29, 1.82) is 0 Å². The lowest BCUT2D eigenvalue weighted by atomic mass is 10.3. The Morgan fingerprint density at radius 2 is 1.62 bits per heavy atom. The Balaban J connectivity index is 2.21. The maximum Gasteiger partial charge on any atom is 0.177 e. The molecule has 2 nitrogen and oxygen atoms in total. The number of rotatable bonds is 4. The van der Waals surface area contributed by atoms with E-state index in [1.54, 1.807) is 7.11 Å². The second-order valence-electron chi connectivity index (χ2n) is 4.04. The molecule has 1 aliphatic heterocycles. The van der Waals surface area contributed by atoms with Crippen molar-refractivity contribution in [3.8, 4) is 0 Å². The van der Waals surface area contributed by atoms with Crippen LogP contribution in [-0.4, -0.2) is 28.4 Å². The largest absolute Gasteiger partial charge is 0.415 e. The van der Waals surface area contributed by atoms with Crippen LogP contribution in [0.5, 0.6) is 0 Å². The lowest BCUT2D eigenvalue weighted by molar-refractivity contribution is 0.0208. The SMILES string of the molecule is COC(C)C(C)O[SiH]1CCCCC1. The Labute approximate surface area is 83.3 Å². The third-order valence-electron chi connectivity index (χ3n) is 2.99. The molecule has 0 aromatic heterocycles. The summed E-state index contributed by atoms with van der Waals surface area (Å²) in [6, 6.07) is 2.75. The van der Waals surface area contributed by atoms with E-state index in [9.17, 15) is 0 Å². The first kappa shape index (κ1) is 11.2. The second-order valence-corrected chi connectivity index (χ2v) is 6.71. The fraction of sp³-hybridized carbons (Fsp3) is 1.00. The first-order valence-corrected chi connectivity index (χ1v) is 7.52. The first-order valence-electron chi connectivity index (χ1n) is 5.42. The van der Waals surface area contributed by atoms with Crippen molar-refractivity contribution in [2.75, 3.05) is 7.11 Å². The van der Waals surface area contributed by atoms with Crippen molar-refractivity contribution in [2.45, 2.75) is 57.4 Å². The van der Waals surface area contributed by atoms with Crippen molar-refractivity contribution < 1.29 is 9.16 Å². The molecule has 0 aromatic carbocycles. The summed E-state index contributed by atoms with van der Waals surface area (Å²) in [7, 11) is 0.923. The predicted molar refractivity (Wildman–Crippen MR) is 57.6 cm³/mol. The van der Waals surface area contributed by atoms with E-state index in [1.165, 1.54) is 31.4 Å². The van der Waals surface area contributed by atoms with Gasteiger partial charge in [-0.1, -0.05) is 19.3 Å². The van der Waals surface area contributed by atoms with Crippen LogP contribution in [0.2, 0.25) is 12.1 Å². The third kappa shape index (κ3) is 3.79. The molecule has 2 unspecified atom stereocenters. The highest BCUT2D eigenvalue weighted by Gasteiger charge is 2.21. The van der Waals surface area contributed by atoms with Crippen molar-refractivity contribution >= 4 is 9.04 Å². The molecule has 1 heterocycles. The highest BCUT2D eigenvalue weighted by Crippen LogP contribution is 2.21. The molecule has 0 aromatic rings. The highest BCUT2D eigenvalue weighted by atomic mass is 28.3. The van der Waals surface area contributed by atoms with Gasteiger partial charge in [0.1, 0.15) is 0 Å². The minimum Gasteiger partial charge on any atom is -0.415 e. The Morgan fingerprint density at radius 3 is 2.15 bits per heavy atom. The smallest absolute Gasteiger partial charge is 0.177 e. The van der Waals surface area contributed by atoms with Crippen LogP contribution < -0.4 is 0 Å². The van der Waals surface area contributed by atoms with Gasteiger partial charge in [0, 0.05) is 7.11 Å². The molecule has 1 saturated heterocycles. The molecule has 1 fully saturated rings. The Morgan fingerprint density at radius 1 is 1.00 bits per heavy atom.